The molecule has 0 saturated heterocycles. The highest BCUT2D eigenvalue weighted by atomic mass is 35.5. The first-order chi connectivity index (χ1) is 15.9. The summed E-state index contributed by atoms with van der Waals surface area (Å²) in [7, 11) is 1.74. The molecule has 0 saturated carbocycles. The Bertz CT molecular complexity index is 1200. The van der Waals surface area contributed by atoms with Crippen molar-refractivity contribution in [1.82, 2.24) is 10.6 Å². The van der Waals surface area contributed by atoms with Crippen LogP contribution in [0.15, 0.2) is 72.8 Å². The van der Waals surface area contributed by atoms with Crippen LogP contribution in [0.2, 0.25) is 5.02 Å². The van der Waals surface area contributed by atoms with E-state index in [2.05, 4.69) is 15.6 Å². The van der Waals surface area contributed by atoms with Crippen LogP contribution in [-0.4, -0.2) is 41.6 Å². The zero-order valence-electron chi connectivity index (χ0n) is 18.0. The van der Waals surface area contributed by atoms with Crippen molar-refractivity contribution >= 4 is 46.2 Å². The zero-order valence-corrected chi connectivity index (χ0v) is 19.6. The second-order valence-corrected chi connectivity index (χ2v) is 8.54. The number of amides is 1. The summed E-state index contributed by atoms with van der Waals surface area (Å²) in [5, 5.41) is 16.6. The van der Waals surface area contributed by atoms with Crippen LogP contribution in [0.5, 0.6) is 5.75 Å². The van der Waals surface area contributed by atoms with Gasteiger partial charge in [0.25, 0.3) is 0 Å². The third-order valence-corrected chi connectivity index (χ3v) is 5.93. The van der Waals surface area contributed by atoms with Gasteiger partial charge in [0.1, 0.15) is 5.75 Å². The minimum Gasteiger partial charge on any atom is -0.508 e. The van der Waals surface area contributed by atoms with E-state index in [-0.39, 0.29) is 11.7 Å². The molecule has 0 aliphatic carbocycles. The Hall–Kier alpha value is -3.42. The Morgan fingerprint density at radius 1 is 1.12 bits per heavy atom. The fraction of sp³-hybridized carbons (Fsp3) is 0.160. The molecule has 3 aromatic carbocycles. The summed E-state index contributed by atoms with van der Waals surface area (Å²) in [5.74, 6) is 0.0610. The maximum atomic E-state index is 13.3. The second kappa shape index (κ2) is 10.0. The number of carbonyl (C=O) groups excluding carboxylic acids is 1. The predicted molar refractivity (Wildman–Crippen MR) is 135 cm³/mol. The number of nitrogens with zero attached hydrogens (tertiary/aromatic N) is 1. The van der Waals surface area contributed by atoms with Crippen molar-refractivity contribution < 1.29 is 14.9 Å². The Labute approximate surface area is 202 Å². The average molecular weight is 480 g/mol. The second-order valence-electron chi connectivity index (χ2n) is 7.69. The molecule has 1 aliphatic heterocycles. The summed E-state index contributed by atoms with van der Waals surface area (Å²) < 4.78 is 0. The predicted octanol–water partition coefficient (Wildman–Crippen LogP) is 1.97. The first-order valence-electron chi connectivity index (χ1n) is 10.5. The largest absolute Gasteiger partial charge is 0.508 e. The van der Waals surface area contributed by atoms with Crippen molar-refractivity contribution in [3.05, 3.63) is 94.5 Å². The van der Waals surface area contributed by atoms with Gasteiger partial charge in [-0.3, -0.25) is 10.1 Å². The van der Waals surface area contributed by atoms with Crippen LogP contribution in [0.1, 0.15) is 16.7 Å². The number of anilines is 1. The zero-order chi connectivity index (χ0) is 23.4. The maximum Gasteiger partial charge on any atom is 0.317 e. The van der Waals surface area contributed by atoms with Crippen LogP contribution in [0.3, 0.4) is 0 Å². The number of carbonyl (C=O) groups is 1. The molecule has 33 heavy (non-hydrogen) atoms. The van der Waals surface area contributed by atoms with E-state index in [1.807, 2.05) is 54.6 Å². The van der Waals surface area contributed by atoms with E-state index in [4.69, 9.17) is 23.8 Å². The summed E-state index contributed by atoms with van der Waals surface area (Å²) in [4.78, 5) is 18.2. The number of phenolic OH excluding ortho intramolecular Hbond substituents is 1. The standard InChI is InChI=1S/C25H23ClN4O2S/c1-30-21-12-9-18(26)15-20(21)22(17-5-3-2-4-6-17)28-23(24(30)32)29-25(33)27-14-13-16-7-10-19(31)11-8-16/h2-12,15,23,31H,13-14H2,1H3,(H2,27,29,33)/p+1. The molecule has 4 N–H and O–H groups in total. The fourth-order valence-corrected chi connectivity index (χ4v) is 4.10. The molecule has 0 spiro atoms. The highest BCUT2D eigenvalue weighted by molar-refractivity contribution is 7.80. The number of thiocarbonyl (C=S) groups is 1. The van der Waals surface area contributed by atoms with E-state index in [1.54, 1.807) is 30.1 Å². The van der Waals surface area contributed by atoms with Crippen LogP contribution in [-0.2, 0) is 11.2 Å². The van der Waals surface area contributed by atoms with E-state index >= 15 is 0 Å². The number of nitrogens with one attached hydrogen (secondary N) is 3. The molecular weight excluding hydrogens is 456 g/mol. The normalized spacial score (nSPS) is 15.3. The number of benzene rings is 3. The highest BCUT2D eigenvalue weighted by Gasteiger charge is 2.35. The minimum absolute atomic E-state index is 0.174. The lowest BCUT2D eigenvalue weighted by Gasteiger charge is -2.19. The Balaban J connectivity index is 1.55. The smallest absolute Gasteiger partial charge is 0.317 e. The molecule has 8 heteroatoms. The molecule has 0 radical (unpaired) electrons. The third-order valence-electron chi connectivity index (χ3n) is 5.43. The average Bonchev–Trinajstić information content (AvgIpc) is 2.91. The van der Waals surface area contributed by atoms with Crippen molar-refractivity contribution in [3.63, 3.8) is 0 Å². The van der Waals surface area contributed by atoms with Gasteiger partial charge < -0.3 is 15.3 Å². The van der Waals surface area contributed by atoms with Crippen molar-refractivity contribution in [1.29, 1.82) is 0 Å². The van der Waals surface area contributed by atoms with Crippen molar-refractivity contribution in [2.45, 2.75) is 12.6 Å². The van der Waals surface area contributed by atoms with E-state index in [0.29, 0.717) is 16.7 Å². The number of hydrogen-bond donors (Lipinski definition) is 4. The van der Waals surface area contributed by atoms with Crippen LogP contribution in [0.4, 0.5) is 5.69 Å². The van der Waals surface area contributed by atoms with Gasteiger partial charge in [-0.05, 0) is 66.7 Å². The van der Waals surface area contributed by atoms with Crippen molar-refractivity contribution in [2.24, 2.45) is 0 Å². The highest BCUT2D eigenvalue weighted by Crippen LogP contribution is 2.26. The van der Waals surface area contributed by atoms with Gasteiger partial charge in [0.05, 0.1) is 11.3 Å². The SMILES string of the molecule is CN1C(=O)C(NC(=S)NCCc2ccc(O)cc2)[NH+]=C(c2ccccc2)c2cc(Cl)ccc21. The van der Waals surface area contributed by atoms with Crippen LogP contribution in [0.25, 0.3) is 0 Å². The molecule has 1 unspecified atom stereocenters. The van der Waals surface area contributed by atoms with E-state index in [9.17, 15) is 9.90 Å². The quantitative estimate of drug-likeness (QED) is 0.421. The number of halogens is 1. The monoisotopic (exact) mass is 479 g/mol. The van der Waals surface area contributed by atoms with Crippen molar-refractivity contribution in [2.75, 3.05) is 18.5 Å². The number of aromatic hydroxyl groups is 1. The molecule has 1 heterocycles. The number of rotatable bonds is 5. The molecule has 3 aromatic rings. The molecule has 1 atom stereocenters. The molecule has 1 aliphatic rings. The van der Waals surface area contributed by atoms with E-state index < -0.39 is 6.17 Å². The van der Waals surface area contributed by atoms with Gasteiger partial charge in [0, 0.05) is 24.2 Å². The summed E-state index contributed by atoms with van der Waals surface area (Å²) in [6, 6.07) is 22.3. The van der Waals surface area contributed by atoms with E-state index in [1.165, 1.54) is 0 Å². The minimum atomic E-state index is -0.773. The van der Waals surface area contributed by atoms with Crippen LogP contribution >= 0.6 is 23.8 Å². The maximum absolute atomic E-state index is 13.3. The Morgan fingerprint density at radius 2 is 1.85 bits per heavy atom. The first kappa shape index (κ1) is 22.8. The number of likely N-dealkylation sites (N-methyl/N-ethyl adjacent to an activating group) is 1. The molecule has 6 nitrogen and oxygen atoms in total. The summed E-state index contributed by atoms with van der Waals surface area (Å²) >= 11 is 11.8. The van der Waals surface area contributed by atoms with E-state index in [0.717, 1.165) is 34.5 Å². The molecule has 4 rings (SSSR count). The molecule has 168 valence electrons. The molecule has 0 aromatic heterocycles. The van der Waals surface area contributed by atoms with Gasteiger partial charge in [-0.1, -0.05) is 41.9 Å². The molecular formula is C25H24ClN4O2S+. The fourth-order valence-electron chi connectivity index (χ4n) is 3.70. The van der Waals surface area contributed by atoms with Gasteiger partial charge in [0.2, 0.25) is 5.71 Å². The number of benzodiazepines with no additional fused rings is 1. The summed E-state index contributed by atoms with van der Waals surface area (Å²) in [6.45, 7) is 0.582. The molecule has 0 bridgehead atoms. The molecule has 0 fully saturated rings. The van der Waals surface area contributed by atoms with Gasteiger partial charge >= 0.3 is 12.1 Å². The van der Waals surface area contributed by atoms with Gasteiger partial charge in [-0.2, -0.15) is 0 Å². The first-order valence-corrected chi connectivity index (χ1v) is 11.3. The summed E-state index contributed by atoms with van der Waals surface area (Å²) in [6.07, 6.45) is -0.0515. The lowest BCUT2D eigenvalue weighted by Crippen LogP contribution is -2.87. The molecule has 1 amide bonds. The van der Waals surface area contributed by atoms with Gasteiger partial charge in [0.15, 0.2) is 5.11 Å². The van der Waals surface area contributed by atoms with Gasteiger partial charge in [-0.25, -0.2) is 4.99 Å². The van der Waals surface area contributed by atoms with Crippen LogP contribution in [0, 0.1) is 0 Å². The lowest BCUT2D eigenvalue weighted by molar-refractivity contribution is -0.489. The lowest BCUT2D eigenvalue weighted by atomic mass is 10.0. The van der Waals surface area contributed by atoms with Gasteiger partial charge in [-0.15, -0.1) is 0 Å². The van der Waals surface area contributed by atoms with Crippen LogP contribution < -0.4 is 20.5 Å². The number of phenols is 1. The third kappa shape index (κ3) is 5.32. The van der Waals surface area contributed by atoms with Crippen molar-refractivity contribution in [3.8, 4) is 5.75 Å². The number of fused-ring (bicyclic) bond motifs is 1. The Kier molecular flexibility index (Phi) is 6.91. The number of hydrogen-bond acceptors (Lipinski definition) is 3. The Morgan fingerprint density at radius 3 is 2.58 bits per heavy atom. The topological polar surface area (TPSA) is 78.6 Å². The summed E-state index contributed by atoms with van der Waals surface area (Å²) in [5.41, 5.74) is 4.38.